The van der Waals surface area contributed by atoms with Gasteiger partial charge in [0, 0.05) is 16.7 Å². The molecule has 0 radical (unpaired) electrons. The molecule has 5 atom stereocenters. The van der Waals surface area contributed by atoms with Gasteiger partial charge in [0.05, 0.1) is 88.5 Å². The average Bonchev–Trinajstić information content (AvgIpc) is 3.07. The summed E-state index contributed by atoms with van der Waals surface area (Å²) < 4.78 is 25.3. The van der Waals surface area contributed by atoms with Crippen molar-refractivity contribution < 1.29 is 90.0 Å². The van der Waals surface area contributed by atoms with Crippen molar-refractivity contribution in [3.8, 4) is 0 Å². The molecule has 3 aromatic carbocycles. The predicted molar refractivity (Wildman–Crippen MR) is 221 cm³/mol. The van der Waals surface area contributed by atoms with Gasteiger partial charge in [-0.3, -0.25) is 0 Å². The molecule has 14 heteroatoms. The fourth-order valence-corrected chi connectivity index (χ4v) is 6.75. The van der Waals surface area contributed by atoms with Crippen LogP contribution in [-0.2, 0) is 38.6 Å². The number of ether oxygens (including phenoxy) is 4. The van der Waals surface area contributed by atoms with Gasteiger partial charge in [-0.25, -0.2) is 0 Å². The number of quaternary nitrogens is 3. The Labute approximate surface area is 369 Å². The Morgan fingerprint density at radius 1 is 0.397 bits per heavy atom. The Balaban J connectivity index is -0.00000605. The van der Waals surface area contributed by atoms with Gasteiger partial charge in [-0.2, -0.15) is 0 Å². The minimum absolute atomic E-state index is 0. The molecule has 0 saturated heterocycles. The van der Waals surface area contributed by atoms with Crippen LogP contribution in [0, 0.1) is 0 Å². The van der Waals surface area contributed by atoms with Crippen LogP contribution < -0.4 is 37.2 Å². The maximum absolute atomic E-state index is 10.9. The zero-order valence-corrected chi connectivity index (χ0v) is 36.4. The molecule has 0 amide bonds. The van der Waals surface area contributed by atoms with Crippen molar-refractivity contribution in [3.05, 3.63) is 108 Å². The first-order valence-electron chi connectivity index (χ1n) is 18.7. The van der Waals surface area contributed by atoms with E-state index < -0.39 is 30.5 Å². The summed E-state index contributed by atoms with van der Waals surface area (Å²) in [5.74, 6) is 0. The van der Waals surface area contributed by atoms with E-state index in [0.29, 0.717) is 33.1 Å². The number of aliphatic hydroxyl groups excluding tert-OH is 4. The molecule has 0 spiro atoms. The van der Waals surface area contributed by atoms with Gasteiger partial charge in [0.2, 0.25) is 0 Å². The maximum Gasteiger partial charge on any atom is 0.126 e. The summed E-state index contributed by atoms with van der Waals surface area (Å²) >= 11 is 0. The van der Waals surface area contributed by atoms with E-state index in [9.17, 15) is 20.4 Å². The molecule has 0 bridgehead atoms. The van der Waals surface area contributed by atoms with E-state index in [4.69, 9.17) is 18.9 Å². The largest absolute Gasteiger partial charge is 1.00 e. The van der Waals surface area contributed by atoms with Crippen LogP contribution in [-0.4, -0.2) is 173 Å². The smallest absolute Gasteiger partial charge is 0.126 e. The second-order valence-electron chi connectivity index (χ2n) is 16.5. The first kappa shape index (κ1) is 60.4. The number of hydrogen-bond donors (Lipinski definition) is 4. The molecule has 0 fully saturated rings. The summed E-state index contributed by atoms with van der Waals surface area (Å²) in [6.07, 6.45) is -3.53. The molecule has 336 valence electrons. The Kier molecular flexibility index (Phi) is 32.3. The molecule has 0 aliphatic rings. The lowest BCUT2D eigenvalue weighted by Crippen LogP contribution is -3.00. The van der Waals surface area contributed by atoms with Crippen LogP contribution in [0.1, 0.15) is 31.5 Å². The summed E-state index contributed by atoms with van der Waals surface area (Å²) in [7, 11) is 12.4. The van der Waals surface area contributed by atoms with Crippen LogP contribution in [0.15, 0.2) is 91.0 Å². The number of halogens is 3. The minimum atomic E-state index is -0.899. The van der Waals surface area contributed by atoms with Crippen molar-refractivity contribution in [3.63, 3.8) is 0 Å². The van der Waals surface area contributed by atoms with E-state index in [1.165, 1.54) is 16.7 Å². The van der Waals surface area contributed by atoms with E-state index in [2.05, 4.69) is 78.7 Å². The first-order valence-corrected chi connectivity index (χ1v) is 18.7. The summed E-state index contributed by atoms with van der Waals surface area (Å²) in [5.41, 5.74) is 3.59. The quantitative estimate of drug-likeness (QED) is 0.0564. The van der Waals surface area contributed by atoms with Crippen molar-refractivity contribution in [2.45, 2.75) is 65.0 Å². The van der Waals surface area contributed by atoms with Crippen LogP contribution >= 0.6 is 0 Å². The monoisotopic (exact) mass is 879 g/mol. The number of aliphatic hydroxyl groups is 4. The molecule has 58 heavy (non-hydrogen) atoms. The van der Waals surface area contributed by atoms with Crippen molar-refractivity contribution >= 4 is 0 Å². The number of likely N-dealkylation sites (N-methyl/N-ethyl adjacent to an activating group) is 3. The van der Waals surface area contributed by atoms with Crippen LogP contribution in [0.4, 0.5) is 0 Å². The Morgan fingerprint density at radius 3 is 0.966 bits per heavy atom. The van der Waals surface area contributed by atoms with Gasteiger partial charge >= 0.3 is 0 Å². The SMILES string of the molecule is C.C.C[N+](C)(Cc1ccccc1)CC(O)COCC(O)COCC(COCC(O)C[N+](C)(C)Cc1ccccc1)OCC(O)C[N+](C)(C)Cc1ccccc1.[Cl-].[Cl-].[Cl-]. The summed E-state index contributed by atoms with van der Waals surface area (Å²) in [6, 6.07) is 30.5. The normalized spacial score (nSPS) is 14.2. The summed E-state index contributed by atoms with van der Waals surface area (Å²) in [4.78, 5) is 0. The predicted octanol–water partition coefficient (Wildman–Crippen LogP) is -5.02. The highest BCUT2D eigenvalue weighted by Crippen LogP contribution is 2.13. The maximum atomic E-state index is 10.9. The van der Waals surface area contributed by atoms with E-state index >= 15 is 0 Å². The molecule has 0 saturated carbocycles. The fourth-order valence-electron chi connectivity index (χ4n) is 6.75. The second-order valence-corrected chi connectivity index (χ2v) is 16.5. The Bertz CT molecular complexity index is 1400. The van der Waals surface area contributed by atoms with Gasteiger partial charge < -0.3 is 90.0 Å². The van der Waals surface area contributed by atoms with Crippen LogP contribution in [0.2, 0.25) is 0 Å². The molecular weight excluding hydrogens is 805 g/mol. The second kappa shape index (κ2) is 31.0. The van der Waals surface area contributed by atoms with Crippen LogP contribution in [0.3, 0.4) is 0 Å². The molecule has 0 aliphatic carbocycles. The standard InChI is InChI=1S/C42H68N3O8.2CH4.3ClH/c1-43(2,22-35-16-10-7-11-17-35)25-38(46)28-50-30-41(49)31-52-34-42(53-32-40(48)27-45(5,6)24-37-20-14-9-15-21-37)33-51-29-39(47)26-44(3,4)23-36-18-12-8-13-19-36;;;;;/h7-21,38-42,46-49H,22-34H2,1-6H3;2*1H4;3*1H/q+3;;;;;/p-3. The van der Waals surface area contributed by atoms with Gasteiger partial charge in [-0.05, 0) is 0 Å². The highest BCUT2D eigenvalue weighted by molar-refractivity contribution is 5.14. The average molecular weight is 881 g/mol. The van der Waals surface area contributed by atoms with E-state index in [-0.39, 0.29) is 98.3 Å². The van der Waals surface area contributed by atoms with Crippen molar-refractivity contribution in [2.24, 2.45) is 0 Å². The lowest BCUT2D eigenvalue weighted by Gasteiger charge is -2.32. The van der Waals surface area contributed by atoms with Gasteiger partial charge in [0.1, 0.15) is 69.8 Å². The zero-order valence-electron chi connectivity index (χ0n) is 34.1. The molecule has 0 aromatic heterocycles. The summed E-state index contributed by atoms with van der Waals surface area (Å²) in [5, 5.41) is 42.9. The van der Waals surface area contributed by atoms with Crippen molar-refractivity contribution in [1.29, 1.82) is 0 Å². The van der Waals surface area contributed by atoms with Crippen LogP contribution in [0.5, 0.6) is 0 Å². The van der Waals surface area contributed by atoms with Crippen molar-refractivity contribution in [1.82, 2.24) is 0 Å². The number of benzene rings is 3. The summed E-state index contributed by atoms with van der Waals surface area (Å²) in [6.45, 7) is 4.43. The number of hydrogen-bond acceptors (Lipinski definition) is 8. The van der Waals surface area contributed by atoms with Gasteiger partial charge in [-0.1, -0.05) is 106 Å². The van der Waals surface area contributed by atoms with Gasteiger partial charge in [-0.15, -0.1) is 0 Å². The highest BCUT2D eigenvalue weighted by atomic mass is 35.5. The Morgan fingerprint density at radius 2 is 0.655 bits per heavy atom. The third kappa shape index (κ3) is 27.0. The van der Waals surface area contributed by atoms with Crippen LogP contribution in [0.25, 0.3) is 0 Å². The number of nitrogens with zero attached hydrogens (tertiary/aromatic N) is 3. The lowest BCUT2D eigenvalue weighted by molar-refractivity contribution is -0.906. The van der Waals surface area contributed by atoms with E-state index in [0.717, 1.165) is 19.6 Å². The highest BCUT2D eigenvalue weighted by Gasteiger charge is 2.25. The Hall–Kier alpha value is -1.91. The molecular formula is C44H76Cl3N3O8. The molecule has 5 unspecified atom stereocenters. The molecule has 3 aromatic rings. The molecule has 4 N–H and O–H groups in total. The number of rotatable bonds is 27. The fraction of sp³-hybridized carbons (Fsp3) is 0.591. The zero-order chi connectivity index (χ0) is 38.7. The van der Waals surface area contributed by atoms with Gasteiger partial charge in [0.15, 0.2) is 0 Å². The topological polar surface area (TPSA) is 118 Å². The molecule has 3 rings (SSSR count). The van der Waals surface area contributed by atoms with E-state index in [1.54, 1.807) is 0 Å². The van der Waals surface area contributed by atoms with E-state index in [1.807, 2.05) is 54.6 Å². The third-order valence-electron chi connectivity index (χ3n) is 8.85. The molecule has 0 heterocycles. The molecule has 11 nitrogen and oxygen atoms in total. The lowest BCUT2D eigenvalue weighted by atomic mass is 10.2. The third-order valence-corrected chi connectivity index (χ3v) is 8.85. The van der Waals surface area contributed by atoms with Gasteiger partial charge in [0.25, 0.3) is 0 Å². The first-order chi connectivity index (χ1) is 25.1. The minimum Gasteiger partial charge on any atom is -1.00 e. The molecule has 0 aliphatic heterocycles. The van der Waals surface area contributed by atoms with Crippen molar-refractivity contribution in [2.75, 3.05) is 108 Å².